The molecule has 4 nitrogen and oxygen atoms in total. The van der Waals surface area contributed by atoms with Crippen molar-refractivity contribution < 1.29 is 0 Å². The van der Waals surface area contributed by atoms with Crippen molar-refractivity contribution in [2.24, 2.45) is 0 Å². The van der Waals surface area contributed by atoms with Gasteiger partial charge in [0.15, 0.2) is 0 Å². The summed E-state index contributed by atoms with van der Waals surface area (Å²) in [4.78, 5) is 19.0. The van der Waals surface area contributed by atoms with E-state index in [9.17, 15) is 4.79 Å². The smallest absolute Gasteiger partial charge is 0.262 e. The number of rotatable bonds is 7. The second kappa shape index (κ2) is 9.06. The van der Waals surface area contributed by atoms with E-state index in [0.29, 0.717) is 24.8 Å². The highest BCUT2D eigenvalue weighted by Crippen LogP contribution is 2.32. The molecule has 0 amide bonds. The Morgan fingerprint density at radius 2 is 1.73 bits per heavy atom. The normalized spacial score (nSPS) is 10.9. The zero-order valence-corrected chi connectivity index (χ0v) is 17.8. The molecule has 0 fully saturated rings. The van der Waals surface area contributed by atoms with Crippen LogP contribution in [0.2, 0.25) is 0 Å². The molecular weight excluding hydrogens is 390 g/mol. The van der Waals surface area contributed by atoms with Crippen molar-refractivity contribution in [2.75, 3.05) is 0 Å². The molecule has 5 heteroatoms. The summed E-state index contributed by atoms with van der Waals surface area (Å²) < 4.78 is 1.78. The number of thiophene rings is 1. The van der Waals surface area contributed by atoms with E-state index in [1.165, 1.54) is 16.9 Å². The lowest BCUT2D eigenvalue weighted by atomic mass is 10.0. The summed E-state index contributed by atoms with van der Waals surface area (Å²) in [5.41, 5.74) is 4.28. The number of nitrogens with zero attached hydrogens (tertiary/aromatic N) is 3. The second-order valence-electron chi connectivity index (χ2n) is 7.27. The molecule has 0 atom stereocenters. The average Bonchev–Trinajstić information content (AvgIpc) is 3.21. The van der Waals surface area contributed by atoms with Crippen molar-refractivity contribution in [2.45, 2.75) is 39.2 Å². The summed E-state index contributed by atoms with van der Waals surface area (Å²) in [6.45, 7) is 2.62. The minimum atomic E-state index is 0.00442. The third-order valence-electron chi connectivity index (χ3n) is 5.22. The molecule has 4 aromatic rings. The zero-order valence-electron chi connectivity index (χ0n) is 17.0. The Bertz CT molecular complexity index is 1250. The van der Waals surface area contributed by atoms with Crippen molar-refractivity contribution in [3.63, 3.8) is 0 Å². The lowest BCUT2D eigenvalue weighted by molar-refractivity contribution is 0.585. The van der Waals surface area contributed by atoms with Crippen LogP contribution in [0.3, 0.4) is 0 Å². The quantitative estimate of drug-likeness (QED) is 0.347. The first kappa shape index (κ1) is 20.1. The van der Waals surface area contributed by atoms with Crippen LogP contribution in [-0.2, 0) is 13.0 Å². The molecule has 0 aliphatic rings. The van der Waals surface area contributed by atoms with Crippen LogP contribution in [0, 0.1) is 11.3 Å². The van der Waals surface area contributed by atoms with Gasteiger partial charge in [-0.25, -0.2) is 4.98 Å². The van der Waals surface area contributed by atoms with E-state index in [4.69, 9.17) is 10.2 Å². The summed E-state index contributed by atoms with van der Waals surface area (Å²) >= 11 is 1.52. The molecule has 2 aromatic carbocycles. The second-order valence-corrected chi connectivity index (χ2v) is 8.13. The van der Waals surface area contributed by atoms with Gasteiger partial charge in [0.25, 0.3) is 5.56 Å². The first-order chi connectivity index (χ1) is 14.7. The van der Waals surface area contributed by atoms with Gasteiger partial charge in [0, 0.05) is 30.3 Å². The van der Waals surface area contributed by atoms with Gasteiger partial charge in [-0.1, -0.05) is 61.5 Å². The molecule has 0 unspecified atom stereocenters. The van der Waals surface area contributed by atoms with Crippen LogP contribution in [0.15, 0.2) is 64.8 Å². The lowest BCUT2D eigenvalue weighted by Gasteiger charge is -2.12. The molecule has 0 bridgehead atoms. The number of unbranched alkanes of at least 4 members (excludes halogenated alkanes) is 1. The Morgan fingerprint density at radius 1 is 1.03 bits per heavy atom. The molecule has 0 radical (unpaired) electrons. The molecule has 0 saturated heterocycles. The molecule has 0 saturated carbocycles. The summed E-state index contributed by atoms with van der Waals surface area (Å²) in [5, 5.41) is 11.6. The Morgan fingerprint density at radius 3 is 2.43 bits per heavy atom. The maximum absolute atomic E-state index is 13.4. The SMILES string of the molecule is CCCc1nc2scc(-c3ccc(-c4ccccc4)cc3)c2c(=O)n1CCCC#N. The number of benzene rings is 2. The maximum Gasteiger partial charge on any atom is 0.262 e. The molecule has 4 rings (SSSR count). The van der Waals surface area contributed by atoms with Gasteiger partial charge < -0.3 is 0 Å². The third kappa shape index (κ3) is 3.92. The Hall–Kier alpha value is -3.23. The van der Waals surface area contributed by atoms with Gasteiger partial charge in [-0.2, -0.15) is 5.26 Å². The fourth-order valence-electron chi connectivity index (χ4n) is 3.71. The molecule has 2 heterocycles. The summed E-state index contributed by atoms with van der Waals surface area (Å²) in [6.07, 6.45) is 2.78. The molecule has 0 N–H and O–H groups in total. The number of nitriles is 1. The van der Waals surface area contributed by atoms with Gasteiger partial charge in [-0.15, -0.1) is 11.3 Å². The molecule has 2 aromatic heterocycles. The van der Waals surface area contributed by atoms with Crippen molar-refractivity contribution in [3.05, 3.63) is 76.2 Å². The zero-order chi connectivity index (χ0) is 20.9. The van der Waals surface area contributed by atoms with Crippen LogP contribution in [-0.4, -0.2) is 9.55 Å². The molecule has 30 heavy (non-hydrogen) atoms. The van der Waals surface area contributed by atoms with Gasteiger partial charge in [0.05, 0.1) is 11.5 Å². The van der Waals surface area contributed by atoms with Gasteiger partial charge in [0.1, 0.15) is 10.7 Å². The van der Waals surface area contributed by atoms with Crippen LogP contribution < -0.4 is 5.56 Å². The van der Waals surface area contributed by atoms with Crippen LogP contribution in [0.5, 0.6) is 0 Å². The number of fused-ring (bicyclic) bond motifs is 1. The largest absolute Gasteiger partial charge is 0.296 e. The first-order valence-electron chi connectivity index (χ1n) is 10.3. The van der Waals surface area contributed by atoms with E-state index in [0.717, 1.165) is 40.2 Å². The Labute approximate surface area is 180 Å². The van der Waals surface area contributed by atoms with E-state index in [2.05, 4.69) is 49.4 Å². The van der Waals surface area contributed by atoms with E-state index in [1.807, 2.05) is 23.6 Å². The van der Waals surface area contributed by atoms with Crippen molar-refractivity contribution in [1.29, 1.82) is 5.26 Å². The number of hydrogen-bond donors (Lipinski definition) is 0. The maximum atomic E-state index is 13.4. The van der Waals surface area contributed by atoms with E-state index < -0.39 is 0 Å². The molecule has 0 spiro atoms. The van der Waals surface area contributed by atoms with Crippen LogP contribution >= 0.6 is 11.3 Å². The highest BCUT2D eigenvalue weighted by Gasteiger charge is 2.16. The van der Waals surface area contributed by atoms with Crippen LogP contribution in [0.4, 0.5) is 0 Å². The third-order valence-corrected chi connectivity index (χ3v) is 6.09. The standard InChI is InChI=1S/C25H23N3OS/c1-2-8-22-27-24-23(25(29)28(22)16-7-6-15-26)21(17-30-24)20-13-11-19(12-14-20)18-9-4-3-5-10-18/h3-5,9-14,17H,2,6-8,16H2,1H3. The van der Waals surface area contributed by atoms with E-state index in [1.54, 1.807) is 4.57 Å². The first-order valence-corrected chi connectivity index (χ1v) is 11.1. The van der Waals surface area contributed by atoms with Crippen molar-refractivity contribution in [3.8, 4) is 28.3 Å². The predicted octanol–water partition coefficient (Wildman–Crippen LogP) is 6.05. The summed E-state index contributed by atoms with van der Waals surface area (Å²) in [7, 11) is 0. The van der Waals surface area contributed by atoms with Crippen molar-refractivity contribution in [1.82, 2.24) is 9.55 Å². The molecule has 0 aliphatic heterocycles. The van der Waals surface area contributed by atoms with Gasteiger partial charge in [0.2, 0.25) is 0 Å². The van der Waals surface area contributed by atoms with Gasteiger partial charge in [-0.05, 0) is 29.5 Å². The average molecular weight is 414 g/mol. The number of aryl methyl sites for hydroxylation is 1. The van der Waals surface area contributed by atoms with E-state index in [-0.39, 0.29) is 5.56 Å². The minimum Gasteiger partial charge on any atom is -0.296 e. The Balaban J connectivity index is 1.77. The predicted molar refractivity (Wildman–Crippen MR) is 124 cm³/mol. The highest BCUT2D eigenvalue weighted by molar-refractivity contribution is 7.17. The monoisotopic (exact) mass is 413 g/mol. The van der Waals surface area contributed by atoms with E-state index >= 15 is 0 Å². The van der Waals surface area contributed by atoms with Crippen LogP contribution in [0.1, 0.15) is 32.0 Å². The van der Waals surface area contributed by atoms with Gasteiger partial charge >= 0.3 is 0 Å². The fourth-order valence-corrected chi connectivity index (χ4v) is 4.67. The molecule has 150 valence electrons. The minimum absolute atomic E-state index is 0.00442. The van der Waals surface area contributed by atoms with Gasteiger partial charge in [-0.3, -0.25) is 9.36 Å². The lowest BCUT2D eigenvalue weighted by Crippen LogP contribution is -2.25. The molecule has 0 aliphatic carbocycles. The highest BCUT2D eigenvalue weighted by atomic mass is 32.1. The fraction of sp³-hybridized carbons (Fsp3) is 0.240. The van der Waals surface area contributed by atoms with Crippen LogP contribution in [0.25, 0.3) is 32.5 Å². The summed E-state index contributed by atoms with van der Waals surface area (Å²) in [5.74, 6) is 0.820. The number of aromatic nitrogens is 2. The Kier molecular flexibility index (Phi) is 6.06. The summed E-state index contributed by atoms with van der Waals surface area (Å²) in [6, 6.07) is 20.8. The topological polar surface area (TPSA) is 58.7 Å². The molecular formula is C25H23N3OS. The van der Waals surface area contributed by atoms with Crippen molar-refractivity contribution >= 4 is 21.6 Å². The number of hydrogen-bond acceptors (Lipinski definition) is 4.